The van der Waals surface area contributed by atoms with Crippen LogP contribution in [0.4, 0.5) is 0 Å². The molecule has 98 valence electrons. The van der Waals surface area contributed by atoms with Gasteiger partial charge in [0.2, 0.25) is 0 Å². The second-order valence-corrected chi connectivity index (χ2v) is 5.57. The van der Waals surface area contributed by atoms with Crippen molar-refractivity contribution in [2.45, 2.75) is 47.6 Å². The highest BCUT2D eigenvalue weighted by Crippen LogP contribution is 2.28. The Labute approximate surface area is 105 Å². The molecule has 1 aromatic heterocycles. The Morgan fingerprint density at radius 2 is 2.06 bits per heavy atom. The van der Waals surface area contributed by atoms with Gasteiger partial charge in [-0.2, -0.15) is 5.10 Å². The molecule has 17 heavy (non-hydrogen) atoms. The SMILES string of the molecule is CCNCC(Cc1ncnn1CC)C(C)(C)C. The van der Waals surface area contributed by atoms with Crippen molar-refractivity contribution in [1.82, 2.24) is 20.1 Å². The summed E-state index contributed by atoms with van der Waals surface area (Å²) in [6, 6.07) is 0. The zero-order valence-corrected chi connectivity index (χ0v) is 11.8. The summed E-state index contributed by atoms with van der Waals surface area (Å²) in [6.45, 7) is 14.1. The van der Waals surface area contributed by atoms with E-state index in [2.05, 4.69) is 50.0 Å². The Morgan fingerprint density at radius 3 is 2.59 bits per heavy atom. The molecule has 1 atom stereocenters. The fraction of sp³-hybridized carbons (Fsp3) is 0.846. The molecule has 0 fully saturated rings. The number of aryl methyl sites for hydroxylation is 1. The predicted octanol–water partition coefficient (Wildman–Crippen LogP) is 2.11. The van der Waals surface area contributed by atoms with Crippen LogP contribution in [0.2, 0.25) is 0 Å². The third-order valence-electron chi connectivity index (χ3n) is 3.29. The molecule has 0 radical (unpaired) electrons. The summed E-state index contributed by atoms with van der Waals surface area (Å²) >= 11 is 0. The average Bonchev–Trinajstić information content (AvgIpc) is 2.69. The van der Waals surface area contributed by atoms with Crippen LogP contribution < -0.4 is 5.32 Å². The van der Waals surface area contributed by atoms with Crippen LogP contribution in [0.15, 0.2) is 6.33 Å². The van der Waals surface area contributed by atoms with Gasteiger partial charge in [-0.3, -0.25) is 4.68 Å². The van der Waals surface area contributed by atoms with E-state index in [1.54, 1.807) is 6.33 Å². The predicted molar refractivity (Wildman–Crippen MR) is 70.9 cm³/mol. The topological polar surface area (TPSA) is 42.7 Å². The number of hydrogen-bond acceptors (Lipinski definition) is 3. The zero-order valence-electron chi connectivity index (χ0n) is 11.8. The minimum absolute atomic E-state index is 0.284. The van der Waals surface area contributed by atoms with Crippen LogP contribution in [-0.2, 0) is 13.0 Å². The second-order valence-electron chi connectivity index (χ2n) is 5.57. The molecule has 0 amide bonds. The van der Waals surface area contributed by atoms with Crippen molar-refractivity contribution in [2.24, 2.45) is 11.3 Å². The van der Waals surface area contributed by atoms with Gasteiger partial charge in [-0.1, -0.05) is 27.7 Å². The van der Waals surface area contributed by atoms with E-state index in [1.165, 1.54) is 0 Å². The van der Waals surface area contributed by atoms with E-state index in [-0.39, 0.29) is 5.41 Å². The third kappa shape index (κ3) is 4.11. The second kappa shape index (κ2) is 6.15. The highest BCUT2D eigenvalue weighted by atomic mass is 15.3. The van der Waals surface area contributed by atoms with Crippen molar-refractivity contribution in [3.05, 3.63) is 12.2 Å². The minimum atomic E-state index is 0.284. The van der Waals surface area contributed by atoms with Gasteiger partial charge in [-0.25, -0.2) is 4.98 Å². The molecule has 0 aromatic carbocycles. The van der Waals surface area contributed by atoms with Crippen LogP contribution in [0.3, 0.4) is 0 Å². The van der Waals surface area contributed by atoms with Gasteiger partial charge in [-0.05, 0) is 31.3 Å². The van der Waals surface area contributed by atoms with E-state index < -0.39 is 0 Å². The summed E-state index contributed by atoms with van der Waals surface area (Å²) in [4.78, 5) is 4.37. The maximum Gasteiger partial charge on any atom is 0.138 e. The highest BCUT2D eigenvalue weighted by Gasteiger charge is 2.25. The molecule has 1 heterocycles. The molecule has 0 aliphatic heterocycles. The Bertz CT molecular complexity index is 324. The van der Waals surface area contributed by atoms with Crippen LogP contribution in [0.25, 0.3) is 0 Å². The van der Waals surface area contributed by atoms with Gasteiger partial charge in [0.15, 0.2) is 0 Å². The Hall–Kier alpha value is -0.900. The smallest absolute Gasteiger partial charge is 0.138 e. The molecule has 0 saturated heterocycles. The van der Waals surface area contributed by atoms with E-state index in [9.17, 15) is 0 Å². The van der Waals surface area contributed by atoms with Gasteiger partial charge < -0.3 is 5.32 Å². The minimum Gasteiger partial charge on any atom is -0.317 e. The Morgan fingerprint density at radius 1 is 1.35 bits per heavy atom. The lowest BCUT2D eigenvalue weighted by atomic mass is 9.78. The van der Waals surface area contributed by atoms with Crippen LogP contribution in [0, 0.1) is 11.3 Å². The average molecular weight is 238 g/mol. The van der Waals surface area contributed by atoms with Crippen molar-refractivity contribution >= 4 is 0 Å². The summed E-state index contributed by atoms with van der Waals surface area (Å²) in [7, 11) is 0. The molecule has 0 aliphatic carbocycles. The number of hydrogen-bond donors (Lipinski definition) is 1. The van der Waals surface area contributed by atoms with Gasteiger partial charge >= 0.3 is 0 Å². The quantitative estimate of drug-likeness (QED) is 0.825. The molecule has 0 saturated carbocycles. The lowest BCUT2D eigenvalue weighted by molar-refractivity contribution is 0.226. The zero-order chi connectivity index (χ0) is 12.9. The first-order valence-electron chi connectivity index (χ1n) is 6.56. The molecule has 0 bridgehead atoms. The van der Waals surface area contributed by atoms with E-state index in [0.717, 1.165) is 31.9 Å². The van der Waals surface area contributed by atoms with Crippen molar-refractivity contribution < 1.29 is 0 Å². The van der Waals surface area contributed by atoms with Gasteiger partial charge in [0.25, 0.3) is 0 Å². The largest absolute Gasteiger partial charge is 0.317 e. The van der Waals surface area contributed by atoms with E-state index in [4.69, 9.17) is 0 Å². The maximum atomic E-state index is 4.37. The number of rotatable bonds is 6. The maximum absolute atomic E-state index is 4.37. The summed E-state index contributed by atoms with van der Waals surface area (Å²) < 4.78 is 1.99. The third-order valence-corrected chi connectivity index (χ3v) is 3.29. The lowest BCUT2D eigenvalue weighted by Crippen LogP contribution is -2.34. The summed E-state index contributed by atoms with van der Waals surface area (Å²) in [5, 5.41) is 7.68. The van der Waals surface area contributed by atoms with Crippen LogP contribution in [0.1, 0.15) is 40.4 Å². The highest BCUT2D eigenvalue weighted by molar-refractivity contribution is 4.91. The monoisotopic (exact) mass is 238 g/mol. The van der Waals surface area contributed by atoms with Crippen LogP contribution >= 0.6 is 0 Å². The van der Waals surface area contributed by atoms with Crippen molar-refractivity contribution in [1.29, 1.82) is 0 Å². The number of nitrogens with one attached hydrogen (secondary N) is 1. The summed E-state index contributed by atoms with van der Waals surface area (Å²) in [5.74, 6) is 1.68. The Kier molecular flexibility index (Phi) is 5.12. The molecule has 1 unspecified atom stereocenters. The van der Waals surface area contributed by atoms with Crippen molar-refractivity contribution in [3.63, 3.8) is 0 Å². The van der Waals surface area contributed by atoms with Crippen molar-refractivity contribution in [3.8, 4) is 0 Å². The standard InChI is InChI=1S/C13H26N4/c1-6-14-9-11(13(3,4)5)8-12-15-10-16-17(12)7-2/h10-11,14H,6-9H2,1-5H3. The molecule has 1 N–H and O–H groups in total. The molecule has 4 nitrogen and oxygen atoms in total. The number of aromatic nitrogens is 3. The lowest BCUT2D eigenvalue weighted by Gasteiger charge is -2.30. The molecular formula is C13H26N4. The van der Waals surface area contributed by atoms with E-state index >= 15 is 0 Å². The summed E-state index contributed by atoms with van der Waals surface area (Å²) in [6.07, 6.45) is 2.65. The summed E-state index contributed by atoms with van der Waals surface area (Å²) in [5.41, 5.74) is 0.284. The van der Waals surface area contributed by atoms with E-state index in [1.807, 2.05) is 4.68 Å². The fourth-order valence-electron chi connectivity index (χ4n) is 1.93. The molecule has 1 aromatic rings. The first-order valence-corrected chi connectivity index (χ1v) is 6.56. The van der Waals surface area contributed by atoms with Gasteiger partial charge in [0, 0.05) is 13.0 Å². The van der Waals surface area contributed by atoms with Gasteiger partial charge in [0.05, 0.1) is 0 Å². The first-order chi connectivity index (χ1) is 7.99. The normalized spacial score (nSPS) is 13.9. The molecular weight excluding hydrogens is 212 g/mol. The number of nitrogens with zero attached hydrogens (tertiary/aromatic N) is 3. The van der Waals surface area contributed by atoms with Gasteiger partial charge in [-0.15, -0.1) is 0 Å². The molecule has 1 rings (SSSR count). The van der Waals surface area contributed by atoms with E-state index in [0.29, 0.717) is 5.92 Å². The fourth-order valence-corrected chi connectivity index (χ4v) is 1.93. The van der Waals surface area contributed by atoms with Gasteiger partial charge in [0.1, 0.15) is 12.2 Å². The molecule has 0 spiro atoms. The first kappa shape index (κ1) is 14.2. The van der Waals surface area contributed by atoms with Crippen molar-refractivity contribution in [2.75, 3.05) is 13.1 Å². The van der Waals surface area contributed by atoms with Crippen LogP contribution in [0.5, 0.6) is 0 Å². The molecule has 4 heteroatoms. The van der Waals surface area contributed by atoms with Crippen LogP contribution in [-0.4, -0.2) is 27.9 Å². The Balaban J connectivity index is 2.72. The molecule has 0 aliphatic rings.